The minimum absolute atomic E-state index is 0.0860. The van der Waals surface area contributed by atoms with Crippen molar-refractivity contribution in [1.29, 1.82) is 0 Å². The molecule has 0 fully saturated rings. The van der Waals surface area contributed by atoms with Gasteiger partial charge in [-0.3, -0.25) is 0 Å². The van der Waals surface area contributed by atoms with Crippen LogP contribution in [0.1, 0.15) is 18.1 Å². The number of hydrogen-bond donors (Lipinski definition) is 2. The molecular formula is C19H29N3OS. The molecule has 132 valence electrons. The van der Waals surface area contributed by atoms with E-state index in [2.05, 4.69) is 53.3 Å². The van der Waals surface area contributed by atoms with Crippen LogP contribution in [0.3, 0.4) is 0 Å². The molecule has 2 amide bonds. The molecule has 0 spiro atoms. The van der Waals surface area contributed by atoms with Crippen molar-refractivity contribution in [3.8, 4) is 0 Å². The molecular weight excluding hydrogens is 318 g/mol. The fraction of sp³-hybridized carbons (Fsp3) is 0.421. The molecule has 5 heteroatoms. The molecule has 0 saturated heterocycles. The number of rotatable bonds is 7. The number of hydrogen-bond acceptors (Lipinski definition) is 3. The maximum absolute atomic E-state index is 11.3. The Bertz CT molecular complexity index is 541. The molecule has 1 heterocycles. The monoisotopic (exact) mass is 347 g/mol. The van der Waals surface area contributed by atoms with Gasteiger partial charge in [0, 0.05) is 19.6 Å². The van der Waals surface area contributed by atoms with Crippen molar-refractivity contribution in [1.82, 2.24) is 15.5 Å². The van der Waals surface area contributed by atoms with Crippen LogP contribution in [0.5, 0.6) is 0 Å². The van der Waals surface area contributed by atoms with Crippen LogP contribution in [-0.2, 0) is 12.8 Å². The summed E-state index contributed by atoms with van der Waals surface area (Å²) in [5, 5.41) is 9.79. The lowest BCUT2D eigenvalue weighted by molar-refractivity contribution is 0.239. The highest BCUT2D eigenvalue weighted by atomic mass is 32.1. The fourth-order valence-electron chi connectivity index (χ4n) is 1.92. The first-order chi connectivity index (χ1) is 11.6. The molecule has 0 unspecified atom stereocenters. The van der Waals surface area contributed by atoms with E-state index in [1.807, 2.05) is 30.4 Å². The van der Waals surface area contributed by atoms with Crippen LogP contribution in [-0.4, -0.2) is 44.7 Å². The molecule has 0 aliphatic carbocycles. The van der Waals surface area contributed by atoms with Crippen LogP contribution in [0.15, 0.2) is 47.2 Å². The minimum atomic E-state index is -0.0860. The van der Waals surface area contributed by atoms with E-state index in [0.29, 0.717) is 13.1 Å². The highest BCUT2D eigenvalue weighted by Crippen LogP contribution is 2.05. The number of aryl methyl sites for hydroxylation is 1. The Labute approximate surface area is 149 Å². The molecule has 0 aliphatic rings. The number of carbonyl (C=O) groups excluding carboxylic acids is 1. The average molecular weight is 348 g/mol. The highest BCUT2D eigenvalue weighted by Gasteiger charge is 1.99. The molecule has 1 aromatic carbocycles. The fourth-order valence-corrected chi connectivity index (χ4v) is 2.63. The van der Waals surface area contributed by atoms with Crippen molar-refractivity contribution < 1.29 is 4.79 Å². The zero-order chi connectivity index (χ0) is 17.6. The number of thiophene rings is 1. The molecule has 0 radical (unpaired) electrons. The third-order valence-electron chi connectivity index (χ3n) is 3.37. The van der Waals surface area contributed by atoms with Crippen molar-refractivity contribution in [2.75, 3.05) is 33.7 Å². The lowest BCUT2D eigenvalue weighted by atomic mass is 10.2. The molecule has 1 aromatic heterocycles. The number of carbonyl (C=O) groups is 1. The van der Waals surface area contributed by atoms with Crippen molar-refractivity contribution in [3.63, 3.8) is 0 Å². The van der Waals surface area contributed by atoms with E-state index >= 15 is 0 Å². The van der Waals surface area contributed by atoms with E-state index in [-0.39, 0.29) is 6.03 Å². The van der Waals surface area contributed by atoms with Crippen molar-refractivity contribution in [2.45, 2.75) is 19.8 Å². The summed E-state index contributed by atoms with van der Waals surface area (Å²) in [6.07, 6.45) is 2.03. The molecule has 4 nitrogen and oxygen atoms in total. The maximum Gasteiger partial charge on any atom is 0.314 e. The van der Waals surface area contributed by atoms with Crippen LogP contribution in [0.4, 0.5) is 4.79 Å². The molecule has 24 heavy (non-hydrogen) atoms. The molecule has 2 rings (SSSR count). The second-order valence-corrected chi connectivity index (χ2v) is 6.49. The van der Waals surface area contributed by atoms with Gasteiger partial charge in [-0.15, -0.1) is 0 Å². The Morgan fingerprint density at radius 3 is 2.29 bits per heavy atom. The Hall–Kier alpha value is -1.85. The quantitative estimate of drug-likeness (QED) is 0.806. The van der Waals surface area contributed by atoms with Gasteiger partial charge in [-0.25, -0.2) is 4.79 Å². The number of urea groups is 1. The molecule has 2 N–H and O–H groups in total. The number of likely N-dealkylation sites (N-methyl/N-ethyl adjacent to an activating group) is 1. The van der Waals surface area contributed by atoms with E-state index in [4.69, 9.17) is 0 Å². The van der Waals surface area contributed by atoms with E-state index in [9.17, 15) is 4.79 Å². The van der Waals surface area contributed by atoms with Gasteiger partial charge in [0.15, 0.2) is 0 Å². The highest BCUT2D eigenvalue weighted by molar-refractivity contribution is 7.07. The maximum atomic E-state index is 11.3. The van der Waals surface area contributed by atoms with E-state index < -0.39 is 0 Å². The SMILES string of the molecule is CCc1ccccc1.CN(C)CCNC(=O)NCCc1ccsc1. The molecule has 0 aliphatic heterocycles. The summed E-state index contributed by atoms with van der Waals surface area (Å²) in [5.41, 5.74) is 2.69. The number of benzene rings is 1. The molecule has 0 bridgehead atoms. The summed E-state index contributed by atoms with van der Waals surface area (Å²) in [7, 11) is 3.96. The predicted octanol–water partition coefficient (Wildman–Crippen LogP) is 3.40. The first kappa shape index (κ1) is 20.2. The van der Waals surface area contributed by atoms with E-state index in [0.717, 1.165) is 19.4 Å². The standard InChI is InChI=1S/C11H19N3OS.C8H10/c1-14(2)7-6-13-11(15)12-5-3-10-4-8-16-9-10;1-2-8-6-4-3-5-7-8/h4,8-9H,3,5-7H2,1-2H3,(H2,12,13,15);3-7H,2H2,1H3. The zero-order valence-electron chi connectivity index (χ0n) is 14.9. The van der Waals surface area contributed by atoms with E-state index in [1.165, 1.54) is 11.1 Å². The lowest BCUT2D eigenvalue weighted by Crippen LogP contribution is -2.39. The van der Waals surface area contributed by atoms with Gasteiger partial charge in [0.2, 0.25) is 0 Å². The average Bonchev–Trinajstić information content (AvgIpc) is 3.09. The van der Waals surface area contributed by atoms with Crippen LogP contribution in [0.2, 0.25) is 0 Å². The predicted molar refractivity (Wildman–Crippen MR) is 104 cm³/mol. The third kappa shape index (κ3) is 10.0. The Kier molecular flexibility index (Phi) is 10.6. The topological polar surface area (TPSA) is 44.4 Å². The zero-order valence-corrected chi connectivity index (χ0v) is 15.7. The lowest BCUT2D eigenvalue weighted by Gasteiger charge is -2.11. The minimum Gasteiger partial charge on any atom is -0.338 e. The summed E-state index contributed by atoms with van der Waals surface area (Å²) in [4.78, 5) is 13.3. The van der Waals surface area contributed by atoms with Gasteiger partial charge >= 0.3 is 6.03 Å². The van der Waals surface area contributed by atoms with Gasteiger partial charge in [-0.2, -0.15) is 11.3 Å². The number of nitrogens with zero attached hydrogens (tertiary/aromatic N) is 1. The summed E-state index contributed by atoms with van der Waals surface area (Å²) in [5.74, 6) is 0. The van der Waals surface area contributed by atoms with Crippen molar-refractivity contribution in [2.24, 2.45) is 0 Å². The van der Waals surface area contributed by atoms with Gasteiger partial charge in [0.05, 0.1) is 0 Å². The Morgan fingerprint density at radius 1 is 1.04 bits per heavy atom. The van der Waals surface area contributed by atoms with Crippen molar-refractivity contribution >= 4 is 17.4 Å². The third-order valence-corrected chi connectivity index (χ3v) is 4.11. The molecule has 2 aromatic rings. The van der Waals surface area contributed by atoms with Gasteiger partial charge in [-0.05, 0) is 54.9 Å². The van der Waals surface area contributed by atoms with Crippen LogP contribution in [0.25, 0.3) is 0 Å². The van der Waals surface area contributed by atoms with Crippen LogP contribution >= 0.6 is 11.3 Å². The Balaban J connectivity index is 0.000000300. The second-order valence-electron chi connectivity index (χ2n) is 5.71. The first-order valence-corrected chi connectivity index (χ1v) is 9.27. The van der Waals surface area contributed by atoms with Gasteiger partial charge in [0.25, 0.3) is 0 Å². The van der Waals surface area contributed by atoms with Gasteiger partial charge in [0.1, 0.15) is 0 Å². The summed E-state index contributed by atoms with van der Waals surface area (Å²) in [6.45, 7) is 4.38. The summed E-state index contributed by atoms with van der Waals surface area (Å²) < 4.78 is 0. The molecule has 0 saturated carbocycles. The van der Waals surface area contributed by atoms with Crippen molar-refractivity contribution in [3.05, 3.63) is 58.3 Å². The van der Waals surface area contributed by atoms with Gasteiger partial charge in [-0.1, -0.05) is 37.3 Å². The normalized spacial score (nSPS) is 10.0. The number of nitrogens with one attached hydrogen (secondary N) is 2. The number of amides is 2. The second kappa shape index (κ2) is 12.6. The Morgan fingerprint density at radius 2 is 1.75 bits per heavy atom. The summed E-state index contributed by atoms with van der Waals surface area (Å²) in [6, 6.07) is 12.4. The van der Waals surface area contributed by atoms with Gasteiger partial charge < -0.3 is 15.5 Å². The van der Waals surface area contributed by atoms with E-state index in [1.54, 1.807) is 11.3 Å². The smallest absolute Gasteiger partial charge is 0.314 e. The van der Waals surface area contributed by atoms with Crippen LogP contribution < -0.4 is 10.6 Å². The van der Waals surface area contributed by atoms with Crippen LogP contribution in [0, 0.1) is 0 Å². The first-order valence-electron chi connectivity index (χ1n) is 8.33. The largest absolute Gasteiger partial charge is 0.338 e. The molecule has 0 atom stereocenters. The summed E-state index contributed by atoms with van der Waals surface area (Å²) >= 11 is 1.68.